The van der Waals surface area contributed by atoms with Crippen LogP contribution in [0.4, 0.5) is 5.69 Å². The maximum Gasteiger partial charge on any atom is 0.230 e. The molecule has 0 aliphatic heterocycles. The molecule has 0 bridgehead atoms. The molecule has 0 radical (unpaired) electrons. The molecule has 0 unspecified atom stereocenters. The Balaban J connectivity index is 2.03. The van der Waals surface area contributed by atoms with Crippen LogP contribution in [-0.2, 0) is 4.79 Å². The van der Waals surface area contributed by atoms with Crippen molar-refractivity contribution in [3.8, 4) is 0 Å². The highest BCUT2D eigenvalue weighted by atomic mass is 16.2. The third kappa shape index (κ3) is 2.81. The number of rotatable bonds is 3. The van der Waals surface area contributed by atoms with Crippen LogP contribution in [0, 0.1) is 5.41 Å². The summed E-state index contributed by atoms with van der Waals surface area (Å²) in [6.07, 6.45) is 8.41. The first-order chi connectivity index (χ1) is 8.64. The molecule has 1 aromatic rings. The molecular formula is C16H21NO. The SMILES string of the molecule is C/C=C/c1ccc(NC(=O)C2(C)CCCC2)cc1. The first kappa shape index (κ1) is 12.9. The standard InChI is InChI=1S/C16H21NO/c1-3-6-13-7-9-14(10-8-13)17-15(18)16(2)11-4-5-12-16/h3,6-10H,4-5,11-12H2,1-2H3,(H,17,18)/b6-3+. The molecule has 0 saturated heterocycles. The predicted molar refractivity (Wildman–Crippen MR) is 76.4 cm³/mol. The largest absolute Gasteiger partial charge is 0.326 e. The Kier molecular flexibility index (Phi) is 3.85. The molecule has 1 fully saturated rings. The van der Waals surface area contributed by atoms with Gasteiger partial charge in [-0.2, -0.15) is 0 Å². The Bertz CT molecular complexity index is 439. The van der Waals surface area contributed by atoms with Crippen LogP contribution in [-0.4, -0.2) is 5.91 Å². The molecule has 18 heavy (non-hydrogen) atoms. The number of nitrogens with one attached hydrogen (secondary N) is 1. The first-order valence-corrected chi connectivity index (χ1v) is 6.68. The van der Waals surface area contributed by atoms with Crippen molar-refractivity contribution in [3.05, 3.63) is 35.9 Å². The lowest BCUT2D eigenvalue weighted by molar-refractivity contribution is -0.124. The maximum atomic E-state index is 12.2. The molecule has 96 valence electrons. The summed E-state index contributed by atoms with van der Waals surface area (Å²) in [5, 5.41) is 3.03. The van der Waals surface area contributed by atoms with Crippen molar-refractivity contribution in [3.63, 3.8) is 0 Å². The highest BCUT2D eigenvalue weighted by molar-refractivity contribution is 5.95. The van der Waals surface area contributed by atoms with Gasteiger partial charge in [0.15, 0.2) is 0 Å². The molecule has 1 saturated carbocycles. The van der Waals surface area contributed by atoms with E-state index in [0.29, 0.717) is 0 Å². The number of carbonyl (C=O) groups excluding carboxylic acids is 1. The lowest BCUT2D eigenvalue weighted by Gasteiger charge is -2.22. The van der Waals surface area contributed by atoms with Crippen molar-refractivity contribution in [2.24, 2.45) is 5.41 Å². The van der Waals surface area contributed by atoms with E-state index in [4.69, 9.17) is 0 Å². The summed E-state index contributed by atoms with van der Waals surface area (Å²) in [5.41, 5.74) is 1.88. The van der Waals surface area contributed by atoms with E-state index in [-0.39, 0.29) is 11.3 Å². The summed E-state index contributed by atoms with van der Waals surface area (Å²) in [6.45, 7) is 4.07. The lowest BCUT2D eigenvalue weighted by Crippen LogP contribution is -2.30. The smallest absolute Gasteiger partial charge is 0.230 e. The van der Waals surface area contributed by atoms with Crippen LogP contribution in [0.5, 0.6) is 0 Å². The van der Waals surface area contributed by atoms with Crippen LogP contribution < -0.4 is 5.32 Å². The maximum absolute atomic E-state index is 12.2. The fourth-order valence-corrected chi connectivity index (χ4v) is 2.53. The molecule has 1 amide bonds. The minimum atomic E-state index is -0.165. The molecule has 2 nitrogen and oxygen atoms in total. The first-order valence-electron chi connectivity index (χ1n) is 6.68. The Labute approximate surface area is 109 Å². The van der Waals surface area contributed by atoms with E-state index >= 15 is 0 Å². The van der Waals surface area contributed by atoms with Crippen LogP contribution in [0.2, 0.25) is 0 Å². The van der Waals surface area contributed by atoms with Gasteiger partial charge in [0, 0.05) is 11.1 Å². The summed E-state index contributed by atoms with van der Waals surface area (Å²) >= 11 is 0. The van der Waals surface area contributed by atoms with E-state index in [1.165, 1.54) is 12.8 Å². The predicted octanol–water partition coefficient (Wildman–Crippen LogP) is 4.24. The molecule has 0 aromatic heterocycles. The average Bonchev–Trinajstić information content (AvgIpc) is 2.80. The molecule has 1 aliphatic rings. The molecule has 0 spiro atoms. The highest BCUT2D eigenvalue weighted by Gasteiger charge is 2.36. The van der Waals surface area contributed by atoms with Crippen LogP contribution in [0.1, 0.15) is 45.1 Å². The summed E-state index contributed by atoms with van der Waals surface area (Å²) < 4.78 is 0. The summed E-state index contributed by atoms with van der Waals surface area (Å²) in [5.74, 6) is 0.166. The van der Waals surface area contributed by atoms with Crippen LogP contribution in [0.25, 0.3) is 6.08 Å². The van der Waals surface area contributed by atoms with Gasteiger partial charge in [-0.15, -0.1) is 0 Å². The number of amides is 1. The zero-order valence-electron chi connectivity index (χ0n) is 11.2. The fourth-order valence-electron chi connectivity index (χ4n) is 2.53. The molecule has 0 atom stereocenters. The average molecular weight is 243 g/mol. The summed E-state index contributed by atoms with van der Waals surface area (Å²) in [4.78, 5) is 12.2. The number of allylic oxidation sites excluding steroid dienone is 1. The van der Waals surface area contributed by atoms with Gasteiger partial charge in [0.1, 0.15) is 0 Å². The van der Waals surface area contributed by atoms with Crippen molar-refractivity contribution in [1.29, 1.82) is 0 Å². The number of hydrogen-bond donors (Lipinski definition) is 1. The van der Waals surface area contributed by atoms with Gasteiger partial charge in [0.25, 0.3) is 0 Å². The number of carbonyl (C=O) groups is 1. The van der Waals surface area contributed by atoms with E-state index in [1.807, 2.05) is 43.3 Å². The Morgan fingerprint density at radius 3 is 2.39 bits per heavy atom. The van der Waals surface area contributed by atoms with Gasteiger partial charge in [-0.05, 0) is 37.5 Å². The quantitative estimate of drug-likeness (QED) is 0.845. The number of hydrogen-bond acceptors (Lipinski definition) is 1. The second-order valence-corrected chi connectivity index (χ2v) is 5.34. The van der Waals surface area contributed by atoms with Crippen LogP contribution in [0.3, 0.4) is 0 Å². The highest BCUT2D eigenvalue weighted by Crippen LogP contribution is 2.38. The van der Waals surface area contributed by atoms with E-state index in [9.17, 15) is 4.79 Å². The molecule has 1 aliphatic carbocycles. The van der Waals surface area contributed by atoms with E-state index in [1.54, 1.807) is 0 Å². The molecule has 1 N–H and O–H groups in total. The van der Waals surface area contributed by atoms with Crippen LogP contribution >= 0.6 is 0 Å². The van der Waals surface area contributed by atoms with Gasteiger partial charge < -0.3 is 5.32 Å². The van der Waals surface area contributed by atoms with Crippen molar-refractivity contribution in [1.82, 2.24) is 0 Å². The van der Waals surface area contributed by atoms with Crippen LogP contribution in [0.15, 0.2) is 30.3 Å². The van der Waals surface area contributed by atoms with E-state index in [0.717, 1.165) is 24.1 Å². The minimum Gasteiger partial charge on any atom is -0.326 e. The normalized spacial score (nSPS) is 18.1. The second-order valence-electron chi connectivity index (χ2n) is 5.34. The molecule has 0 heterocycles. The molecule has 2 rings (SSSR count). The Morgan fingerprint density at radius 2 is 1.83 bits per heavy atom. The number of benzene rings is 1. The summed E-state index contributed by atoms with van der Waals surface area (Å²) in [6, 6.07) is 7.97. The third-order valence-corrected chi connectivity index (χ3v) is 3.78. The lowest BCUT2D eigenvalue weighted by atomic mass is 9.88. The van der Waals surface area contributed by atoms with E-state index < -0.39 is 0 Å². The monoisotopic (exact) mass is 243 g/mol. The van der Waals surface area contributed by atoms with Gasteiger partial charge in [0.2, 0.25) is 5.91 Å². The Morgan fingerprint density at radius 1 is 1.22 bits per heavy atom. The third-order valence-electron chi connectivity index (χ3n) is 3.78. The molecule has 1 aromatic carbocycles. The van der Waals surface area contributed by atoms with Crippen molar-refractivity contribution >= 4 is 17.7 Å². The fraction of sp³-hybridized carbons (Fsp3) is 0.438. The van der Waals surface area contributed by atoms with Gasteiger partial charge in [-0.25, -0.2) is 0 Å². The minimum absolute atomic E-state index is 0.165. The van der Waals surface area contributed by atoms with E-state index in [2.05, 4.69) is 12.2 Å². The molecular weight excluding hydrogens is 222 g/mol. The number of anilines is 1. The zero-order chi connectivity index (χ0) is 13.0. The van der Waals surface area contributed by atoms with Gasteiger partial charge in [-0.1, -0.05) is 44.1 Å². The summed E-state index contributed by atoms with van der Waals surface area (Å²) in [7, 11) is 0. The zero-order valence-corrected chi connectivity index (χ0v) is 11.2. The van der Waals surface area contributed by atoms with Gasteiger partial charge in [-0.3, -0.25) is 4.79 Å². The van der Waals surface area contributed by atoms with Crippen molar-refractivity contribution in [2.45, 2.75) is 39.5 Å². The molecule has 2 heteroatoms. The second kappa shape index (κ2) is 5.38. The van der Waals surface area contributed by atoms with Gasteiger partial charge in [0.05, 0.1) is 0 Å². The van der Waals surface area contributed by atoms with Gasteiger partial charge >= 0.3 is 0 Å². The topological polar surface area (TPSA) is 29.1 Å². The van der Waals surface area contributed by atoms with Crippen molar-refractivity contribution < 1.29 is 4.79 Å². The van der Waals surface area contributed by atoms with Crippen molar-refractivity contribution in [2.75, 3.05) is 5.32 Å². The Hall–Kier alpha value is -1.57.